The van der Waals surface area contributed by atoms with Crippen molar-refractivity contribution in [3.05, 3.63) is 77.7 Å². The molecular weight excluding hydrogens is 342 g/mol. The summed E-state index contributed by atoms with van der Waals surface area (Å²) in [5.74, 6) is -0.0948. The number of Topliss-reactive ketones (excluding diaryl/α,β-unsaturated/α-hetero) is 1. The highest BCUT2D eigenvalue weighted by Gasteiger charge is 2.12. The monoisotopic (exact) mass is 357 g/mol. The minimum absolute atomic E-state index is 0.0439. The fourth-order valence-electron chi connectivity index (χ4n) is 2.39. The van der Waals surface area contributed by atoms with Gasteiger partial charge in [-0.25, -0.2) is 9.97 Å². The molecule has 1 heterocycles. The van der Waals surface area contributed by atoms with E-state index in [1.165, 1.54) is 19.3 Å². The molecule has 1 amide bonds. The van der Waals surface area contributed by atoms with Crippen LogP contribution < -0.4 is 10.6 Å². The standard InChI is InChI=1S/C20H15N5O2/c1-13(26)14-6-4-7-16(9-14)24-19-10-18(22-12-23-19)20(27)25-17-8-3-2-5-15(17)11-21/h2-10,12H,1H3,(H,25,27)(H,22,23,24). The van der Waals surface area contributed by atoms with E-state index in [-0.39, 0.29) is 11.5 Å². The zero-order valence-electron chi connectivity index (χ0n) is 14.4. The predicted octanol–water partition coefficient (Wildman–Crippen LogP) is 3.55. The number of nitrogens with one attached hydrogen (secondary N) is 2. The van der Waals surface area contributed by atoms with Gasteiger partial charge in [0.15, 0.2) is 5.78 Å². The number of carbonyl (C=O) groups is 2. The molecule has 0 unspecified atom stereocenters. The van der Waals surface area contributed by atoms with Crippen molar-refractivity contribution in [1.29, 1.82) is 5.26 Å². The van der Waals surface area contributed by atoms with Gasteiger partial charge in [0.2, 0.25) is 0 Å². The first kappa shape index (κ1) is 17.8. The third-order valence-corrected chi connectivity index (χ3v) is 3.74. The third-order valence-electron chi connectivity index (χ3n) is 3.74. The summed E-state index contributed by atoms with van der Waals surface area (Å²) >= 11 is 0. The van der Waals surface area contributed by atoms with Crippen LogP contribution in [0.3, 0.4) is 0 Å². The maximum Gasteiger partial charge on any atom is 0.274 e. The summed E-state index contributed by atoms with van der Waals surface area (Å²) in [5.41, 5.74) is 2.15. The maximum absolute atomic E-state index is 12.4. The minimum atomic E-state index is -0.458. The number of rotatable bonds is 5. The van der Waals surface area contributed by atoms with Crippen molar-refractivity contribution in [2.24, 2.45) is 0 Å². The Morgan fingerprint density at radius 1 is 1.04 bits per heavy atom. The van der Waals surface area contributed by atoms with Crippen molar-refractivity contribution < 1.29 is 9.59 Å². The van der Waals surface area contributed by atoms with Crippen molar-refractivity contribution in [3.8, 4) is 6.07 Å². The summed E-state index contributed by atoms with van der Waals surface area (Å²) in [6.45, 7) is 1.49. The van der Waals surface area contributed by atoms with Gasteiger partial charge in [-0.15, -0.1) is 0 Å². The molecule has 3 rings (SSSR count). The van der Waals surface area contributed by atoms with Gasteiger partial charge in [0.25, 0.3) is 5.91 Å². The van der Waals surface area contributed by atoms with E-state index < -0.39 is 5.91 Å². The number of hydrogen-bond donors (Lipinski definition) is 2. The number of anilines is 3. The van der Waals surface area contributed by atoms with Crippen molar-refractivity contribution in [3.63, 3.8) is 0 Å². The van der Waals surface area contributed by atoms with Gasteiger partial charge in [0.1, 0.15) is 23.9 Å². The number of amides is 1. The Hall–Kier alpha value is -4.05. The van der Waals surface area contributed by atoms with Gasteiger partial charge < -0.3 is 10.6 Å². The molecule has 132 valence electrons. The molecule has 7 nitrogen and oxygen atoms in total. The second-order valence-electron chi connectivity index (χ2n) is 5.66. The van der Waals surface area contributed by atoms with E-state index in [0.29, 0.717) is 28.3 Å². The Morgan fingerprint density at radius 2 is 1.85 bits per heavy atom. The molecule has 0 aliphatic carbocycles. The van der Waals surface area contributed by atoms with Crippen LogP contribution in [0.2, 0.25) is 0 Å². The Morgan fingerprint density at radius 3 is 2.63 bits per heavy atom. The summed E-state index contributed by atoms with van der Waals surface area (Å²) in [6.07, 6.45) is 1.27. The molecule has 2 N–H and O–H groups in total. The molecule has 0 saturated carbocycles. The Bertz CT molecular complexity index is 1060. The molecule has 7 heteroatoms. The molecule has 0 fully saturated rings. The lowest BCUT2D eigenvalue weighted by molar-refractivity contribution is 0.101. The second kappa shape index (κ2) is 7.89. The molecular formula is C20H15N5O2. The fraction of sp³-hybridized carbons (Fsp3) is 0.0500. The molecule has 27 heavy (non-hydrogen) atoms. The number of carbonyl (C=O) groups excluding carboxylic acids is 2. The van der Waals surface area contributed by atoms with Crippen molar-refractivity contribution in [2.45, 2.75) is 6.92 Å². The van der Waals surface area contributed by atoms with Crippen LogP contribution in [-0.2, 0) is 0 Å². The smallest absolute Gasteiger partial charge is 0.274 e. The molecule has 1 aromatic heterocycles. The number of ketones is 1. The largest absolute Gasteiger partial charge is 0.340 e. The lowest BCUT2D eigenvalue weighted by Crippen LogP contribution is -2.15. The van der Waals surface area contributed by atoms with Gasteiger partial charge in [-0.1, -0.05) is 24.3 Å². The molecule has 0 saturated heterocycles. The van der Waals surface area contributed by atoms with Crippen molar-refractivity contribution in [2.75, 3.05) is 10.6 Å². The minimum Gasteiger partial charge on any atom is -0.340 e. The topological polar surface area (TPSA) is 108 Å². The highest BCUT2D eigenvalue weighted by atomic mass is 16.2. The lowest BCUT2D eigenvalue weighted by Gasteiger charge is -2.09. The van der Waals surface area contributed by atoms with Crippen LogP contribution in [0.15, 0.2) is 60.9 Å². The molecule has 2 aromatic carbocycles. The van der Waals surface area contributed by atoms with Gasteiger partial charge in [0.05, 0.1) is 11.3 Å². The van der Waals surface area contributed by atoms with Crippen LogP contribution in [0.4, 0.5) is 17.2 Å². The van der Waals surface area contributed by atoms with Gasteiger partial charge in [-0.2, -0.15) is 5.26 Å². The normalized spacial score (nSPS) is 9.93. The van der Waals surface area contributed by atoms with Gasteiger partial charge in [0, 0.05) is 17.3 Å². The molecule has 0 radical (unpaired) electrons. The Kier molecular flexibility index (Phi) is 5.19. The average molecular weight is 357 g/mol. The molecule has 0 aliphatic rings. The lowest BCUT2D eigenvalue weighted by atomic mass is 10.1. The van der Waals surface area contributed by atoms with E-state index in [1.54, 1.807) is 48.5 Å². The Balaban J connectivity index is 1.79. The number of hydrogen-bond acceptors (Lipinski definition) is 6. The molecule has 3 aromatic rings. The molecule has 0 aliphatic heterocycles. The third kappa shape index (κ3) is 4.32. The van der Waals surface area contributed by atoms with E-state index >= 15 is 0 Å². The van der Waals surface area contributed by atoms with Crippen LogP contribution in [0.1, 0.15) is 33.3 Å². The first-order valence-electron chi connectivity index (χ1n) is 8.07. The van der Waals surface area contributed by atoms with Crippen LogP contribution in [0, 0.1) is 11.3 Å². The highest BCUT2D eigenvalue weighted by Crippen LogP contribution is 2.18. The van der Waals surface area contributed by atoms with E-state index in [9.17, 15) is 9.59 Å². The Labute approximate surface area is 155 Å². The first-order valence-corrected chi connectivity index (χ1v) is 8.07. The summed E-state index contributed by atoms with van der Waals surface area (Å²) in [6, 6.07) is 17.2. The highest BCUT2D eigenvalue weighted by molar-refractivity contribution is 6.04. The number of aromatic nitrogens is 2. The van der Waals surface area contributed by atoms with E-state index in [1.807, 2.05) is 6.07 Å². The molecule has 0 atom stereocenters. The van der Waals surface area contributed by atoms with Crippen molar-refractivity contribution >= 4 is 28.9 Å². The number of benzene rings is 2. The quantitative estimate of drug-likeness (QED) is 0.676. The summed E-state index contributed by atoms with van der Waals surface area (Å²) in [4.78, 5) is 32.0. The van der Waals surface area contributed by atoms with Crippen LogP contribution >= 0.6 is 0 Å². The van der Waals surface area contributed by atoms with Crippen LogP contribution in [-0.4, -0.2) is 21.7 Å². The SMILES string of the molecule is CC(=O)c1cccc(Nc2cc(C(=O)Nc3ccccc3C#N)ncn2)c1. The maximum atomic E-state index is 12.4. The molecule has 0 spiro atoms. The van der Waals surface area contributed by atoms with Gasteiger partial charge >= 0.3 is 0 Å². The number of nitrogens with zero attached hydrogens (tertiary/aromatic N) is 3. The van der Waals surface area contributed by atoms with Crippen LogP contribution in [0.25, 0.3) is 0 Å². The zero-order chi connectivity index (χ0) is 19.2. The number of para-hydroxylation sites is 1. The first-order chi connectivity index (χ1) is 13.1. The summed E-state index contributed by atoms with van der Waals surface area (Å²) in [5, 5.41) is 14.8. The summed E-state index contributed by atoms with van der Waals surface area (Å²) < 4.78 is 0. The van der Waals surface area contributed by atoms with E-state index in [2.05, 4.69) is 20.6 Å². The number of nitriles is 1. The van der Waals surface area contributed by atoms with Crippen LogP contribution in [0.5, 0.6) is 0 Å². The summed E-state index contributed by atoms with van der Waals surface area (Å²) in [7, 11) is 0. The zero-order valence-corrected chi connectivity index (χ0v) is 14.4. The van der Waals surface area contributed by atoms with E-state index in [0.717, 1.165) is 0 Å². The van der Waals surface area contributed by atoms with Crippen molar-refractivity contribution in [1.82, 2.24) is 9.97 Å². The van der Waals surface area contributed by atoms with Gasteiger partial charge in [-0.05, 0) is 31.2 Å². The molecule has 0 bridgehead atoms. The van der Waals surface area contributed by atoms with Gasteiger partial charge in [-0.3, -0.25) is 9.59 Å². The average Bonchev–Trinajstić information content (AvgIpc) is 2.69. The second-order valence-corrected chi connectivity index (χ2v) is 5.66. The fourth-order valence-corrected chi connectivity index (χ4v) is 2.39. The van der Waals surface area contributed by atoms with E-state index in [4.69, 9.17) is 5.26 Å². The predicted molar refractivity (Wildman–Crippen MR) is 101 cm³/mol.